The van der Waals surface area contributed by atoms with Gasteiger partial charge in [-0.1, -0.05) is 77.2 Å². The average molecular weight is 345 g/mol. The first-order valence-corrected chi connectivity index (χ1v) is 9.63. The van der Waals surface area contributed by atoms with Crippen molar-refractivity contribution in [3.63, 3.8) is 0 Å². The SMILES string of the molecule is C=CC.CCCCCCCCCCCCCC(=O)OCC(O)CO. The summed E-state index contributed by atoms with van der Waals surface area (Å²) in [4.78, 5) is 11.3. The standard InChI is InChI=1S/C17H34O4.C3H6/c1-2-3-4-5-6-7-8-9-10-11-12-13-17(20)21-15-16(19)14-18;1-3-2/h16,18-19H,2-15H2,1H3;3H,1H2,2H3. The first-order chi connectivity index (χ1) is 11.6. The van der Waals surface area contributed by atoms with Crippen LogP contribution in [0.2, 0.25) is 0 Å². The zero-order chi connectivity index (χ0) is 18.5. The number of esters is 1. The molecule has 0 aromatic carbocycles. The fourth-order valence-corrected chi connectivity index (χ4v) is 2.25. The van der Waals surface area contributed by atoms with Crippen LogP contribution >= 0.6 is 0 Å². The summed E-state index contributed by atoms with van der Waals surface area (Å²) in [5.74, 6) is -0.279. The lowest BCUT2D eigenvalue weighted by atomic mass is 10.1. The molecule has 144 valence electrons. The maximum Gasteiger partial charge on any atom is 0.305 e. The Morgan fingerprint density at radius 1 is 1.00 bits per heavy atom. The molecule has 0 heterocycles. The van der Waals surface area contributed by atoms with Crippen molar-refractivity contribution in [1.82, 2.24) is 0 Å². The van der Waals surface area contributed by atoms with E-state index in [0.717, 1.165) is 12.8 Å². The topological polar surface area (TPSA) is 66.8 Å². The maximum atomic E-state index is 11.3. The Morgan fingerprint density at radius 2 is 1.42 bits per heavy atom. The number of aliphatic hydroxyl groups excluding tert-OH is 2. The molecule has 4 nitrogen and oxygen atoms in total. The van der Waals surface area contributed by atoms with Crippen molar-refractivity contribution < 1.29 is 19.7 Å². The zero-order valence-electron chi connectivity index (χ0n) is 16.0. The van der Waals surface area contributed by atoms with E-state index in [1.54, 1.807) is 6.08 Å². The third-order valence-electron chi connectivity index (χ3n) is 3.63. The number of unbranched alkanes of at least 4 members (excludes halogenated alkanes) is 10. The van der Waals surface area contributed by atoms with Gasteiger partial charge in [-0.25, -0.2) is 0 Å². The van der Waals surface area contributed by atoms with Gasteiger partial charge in [-0.3, -0.25) is 4.79 Å². The van der Waals surface area contributed by atoms with Gasteiger partial charge in [0, 0.05) is 6.42 Å². The third-order valence-corrected chi connectivity index (χ3v) is 3.63. The molecular formula is C20H40O4. The molecule has 0 aromatic heterocycles. The van der Waals surface area contributed by atoms with Crippen molar-refractivity contribution in [2.24, 2.45) is 0 Å². The van der Waals surface area contributed by atoms with Gasteiger partial charge in [0.25, 0.3) is 0 Å². The minimum atomic E-state index is -0.953. The lowest BCUT2D eigenvalue weighted by Crippen LogP contribution is -2.21. The average Bonchev–Trinajstić information content (AvgIpc) is 2.58. The van der Waals surface area contributed by atoms with E-state index in [0.29, 0.717) is 6.42 Å². The second-order valence-corrected chi connectivity index (χ2v) is 6.21. The molecule has 24 heavy (non-hydrogen) atoms. The van der Waals surface area contributed by atoms with Crippen molar-refractivity contribution in [2.45, 2.75) is 97.0 Å². The molecule has 1 atom stereocenters. The molecule has 0 aliphatic carbocycles. The van der Waals surface area contributed by atoms with E-state index in [1.807, 2.05) is 6.92 Å². The number of rotatable bonds is 15. The van der Waals surface area contributed by atoms with Gasteiger partial charge >= 0.3 is 5.97 Å². The van der Waals surface area contributed by atoms with E-state index < -0.39 is 6.10 Å². The van der Waals surface area contributed by atoms with Gasteiger partial charge < -0.3 is 14.9 Å². The molecule has 0 saturated carbocycles. The third kappa shape index (κ3) is 23.4. The lowest BCUT2D eigenvalue weighted by molar-refractivity contribution is -0.147. The number of hydrogen-bond acceptors (Lipinski definition) is 4. The second kappa shape index (κ2) is 22.1. The Kier molecular flexibility index (Phi) is 23.4. The molecule has 0 aliphatic rings. The highest BCUT2D eigenvalue weighted by molar-refractivity contribution is 5.69. The van der Waals surface area contributed by atoms with E-state index in [4.69, 9.17) is 14.9 Å². The number of carbonyl (C=O) groups excluding carboxylic acids is 1. The molecule has 0 rings (SSSR count). The van der Waals surface area contributed by atoms with E-state index >= 15 is 0 Å². The van der Waals surface area contributed by atoms with Crippen LogP contribution in [-0.4, -0.2) is 35.5 Å². The zero-order valence-corrected chi connectivity index (χ0v) is 16.0. The van der Waals surface area contributed by atoms with Crippen molar-refractivity contribution in [2.75, 3.05) is 13.2 Å². The number of allylic oxidation sites excluding steroid dienone is 1. The minimum Gasteiger partial charge on any atom is -0.463 e. The molecule has 0 radical (unpaired) electrons. The summed E-state index contributed by atoms with van der Waals surface area (Å²) in [5, 5.41) is 17.6. The van der Waals surface area contributed by atoms with Crippen LogP contribution in [0.5, 0.6) is 0 Å². The smallest absolute Gasteiger partial charge is 0.305 e. The normalized spacial score (nSPS) is 11.3. The molecule has 0 aliphatic heterocycles. The summed E-state index contributed by atoms with van der Waals surface area (Å²) in [6.45, 7) is 7.02. The predicted molar refractivity (Wildman–Crippen MR) is 101 cm³/mol. The molecule has 4 heteroatoms. The van der Waals surface area contributed by atoms with Crippen LogP contribution in [0.4, 0.5) is 0 Å². The van der Waals surface area contributed by atoms with Gasteiger partial charge in [-0.15, -0.1) is 6.58 Å². The van der Waals surface area contributed by atoms with Gasteiger partial charge in [-0.2, -0.15) is 0 Å². The summed E-state index contributed by atoms with van der Waals surface area (Å²) in [5.41, 5.74) is 0. The summed E-state index contributed by atoms with van der Waals surface area (Å²) < 4.78 is 4.84. The quantitative estimate of drug-likeness (QED) is 0.255. The van der Waals surface area contributed by atoms with E-state index in [9.17, 15) is 4.79 Å². The molecule has 0 aromatic rings. The molecule has 0 spiro atoms. The Morgan fingerprint density at radius 3 is 1.83 bits per heavy atom. The number of hydrogen-bond donors (Lipinski definition) is 2. The number of aliphatic hydroxyl groups is 2. The van der Waals surface area contributed by atoms with Crippen LogP contribution < -0.4 is 0 Å². The van der Waals surface area contributed by atoms with Gasteiger partial charge in [-0.05, 0) is 13.3 Å². The molecule has 0 saturated heterocycles. The Balaban J connectivity index is 0. The maximum absolute atomic E-state index is 11.3. The van der Waals surface area contributed by atoms with E-state index in [2.05, 4.69) is 13.5 Å². The Hall–Kier alpha value is -0.870. The Bertz CT molecular complexity index is 266. The second-order valence-electron chi connectivity index (χ2n) is 6.21. The molecule has 1 unspecified atom stereocenters. The van der Waals surface area contributed by atoms with Gasteiger partial charge in [0.05, 0.1) is 6.61 Å². The van der Waals surface area contributed by atoms with Crippen molar-refractivity contribution in [1.29, 1.82) is 0 Å². The first kappa shape index (κ1) is 25.4. The van der Waals surface area contributed by atoms with Crippen LogP contribution in [0.1, 0.15) is 90.9 Å². The molecular weight excluding hydrogens is 304 g/mol. The molecule has 2 N–H and O–H groups in total. The largest absolute Gasteiger partial charge is 0.463 e. The van der Waals surface area contributed by atoms with Crippen molar-refractivity contribution >= 4 is 5.97 Å². The van der Waals surface area contributed by atoms with Crippen LogP contribution in [0, 0.1) is 0 Å². The summed E-state index contributed by atoms with van der Waals surface area (Å²) >= 11 is 0. The molecule has 0 amide bonds. The van der Waals surface area contributed by atoms with Crippen LogP contribution in [-0.2, 0) is 9.53 Å². The fraction of sp³-hybridized carbons (Fsp3) is 0.850. The highest BCUT2D eigenvalue weighted by Gasteiger charge is 2.07. The molecule has 0 fully saturated rings. The predicted octanol–water partition coefficient (Wildman–Crippen LogP) is 4.78. The monoisotopic (exact) mass is 344 g/mol. The lowest BCUT2D eigenvalue weighted by Gasteiger charge is -2.08. The van der Waals surface area contributed by atoms with Crippen molar-refractivity contribution in [3.8, 4) is 0 Å². The first-order valence-electron chi connectivity index (χ1n) is 9.63. The fourth-order valence-electron chi connectivity index (χ4n) is 2.25. The summed E-state index contributed by atoms with van der Waals surface area (Å²) in [6, 6.07) is 0. The van der Waals surface area contributed by atoms with Gasteiger partial charge in [0.15, 0.2) is 0 Å². The number of carbonyl (C=O) groups is 1. The van der Waals surface area contributed by atoms with E-state index in [-0.39, 0.29) is 19.2 Å². The van der Waals surface area contributed by atoms with E-state index in [1.165, 1.54) is 57.8 Å². The summed E-state index contributed by atoms with van der Waals surface area (Å²) in [6.07, 6.45) is 15.0. The van der Waals surface area contributed by atoms with Crippen LogP contribution in [0.25, 0.3) is 0 Å². The molecule has 0 bridgehead atoms. The summed E-state index contributed by atoms with van der Waals surface area (Å²) in [7, 11) is 0. The minimum absolute atomic E-state index is 0.104. The highest BCUT2D eigenvalue weighted by atomic mass is 16.5. The van der Waals surface area contributed by atoms with Gasteiger partial charge in [0.2, 0.25) is 0 Å². The van der Waals surface area contributed by atoms with Gasteiger partial charge in [0.1, 0.15) is 12.7 Å². The van der Waals surface area contributed by atoms with Crippen LogP contribution in [0.15, 0.2) is 12.7 Å². The number of ether oxygens (including phenoxy) is 1. The highest BCUT2D eigenvalue weighted by Crippen LogP contribution is 2.12. The van der Waals surface area contributed by atoms with Crippen molar-refractivity contribution in [3.05, 3.63) is 12.7 Å². The Labute approximate surface area is 149 Å². The van der Waals surface area contributed by atoms with Crippen LogP contribution in [0.3, 0.4) is 0 Å².